The first-order valence-electron chi connectivity index (χ1n) is 7.43. The first kappa shape index (κ1) is 16.2. The van der Waals surface area contributed by atoms with Crippen molar-refractivity contribution in [3.05, 3.63) is 24.3 Å². The number of carbonyl (C=O) groups excluding carboxylic acids is 1. The first-order chi connectivity index (χ1) is 10.2. The molecule has 0 bridgehead atoms. The normalized spacial score (nSPS) is 15.5. The summed E-state index contributed by atoms with van der Waals surface area (Å²) < 4.78 is 10.5. The van der Waals surface area contributed by atoms with Crippen LogP contribution in [0.1, 0.15) is 26.2 Å². The minimum Gasteiger partial charge on any atom is -0.496 e. The number of para-hydroxylation sites is 1. The van der Waals surface area contributed by atoms with Gasteiger partial charge in [-0.15, -0.1) is 11.8 Å². The number of thioether (sulfide) groups is 1. The van der Waals surface area contributed by atoms with E-state index in [1.165, 1.54) is 0 Å². The van der Waals surface area contributed by atoms with Crippen molar-refractivity contribution in [1.29, 1.82) is 0 Å². The molecular weight excluding hydrogens is 286 g/mol. The van der Waals surface area contributed by atoms with Crippen LogP contribution in [0.3, 0.4) is 0 Å². The van der Waals surface area contributed by atoms with Gasteiger partial charge in [0.1, 0.15) is 11.8 Å². The summed E-state index contributed by atoms with van der Waals surface area (Å²) in [6.45, 7) is 2.27. The molecule has 0 spiro atoms. The predicted octanol–water partition coefficient (Wildman–Crippen LogP) is 2.86. The highest BCUT2D eigenvalue weighted by Gasteiger charge is 2.28. The summed E-state index contributed by atoms with van der Waals surface area (Å²) in [4.78, 5) is 13.1. The minimum atomic E-state index is -0.195. The molecule has 1 aromatic rings. The lowest BCUT2D eigenvalue weighted by atomic mass is 10.2. The molecule has 5 heteroatoms. The lowest BCUT2D eigenvalue weighted by Gasteiger charge is -2.17. The smallest absolute Gasteiger partial charge is 0.323 e. The average Bonchev–Trinajstić information content (AvgIpc) is 3.31. The van der Waals surface area contributed by atoms with E-state index in [0.717, 1.165) is 35.7 Å². The lowest BCUT2D eigenvalue weighted by molar-refractivity contribution is -0.145. The summed E-state index contributed by atoms with van der Waals surface area (Å²) in [5.41, 5.74) is 0. The van der Waals surface area contributed by atoms with Gasteiger partial charge in [0.15, 0.2) is 0 Å². The van der Waals surface area contributed by atoms with E-state index in [4.69, 9.17) is 9.47 Å². The Kier molecular flexibility index (Phi) is 6.39. The number of nitrogens with one attached hydrogen (secondary N) is 1. The van der Waals surface area contributed by atoms with Crippen LogP contribution >= 0.6 is 11.8 Å². The summed E-state index contributed by atoms with van der Waals surface area (Å²) in [7, 11) is 1.68. The van der Waals surface area contributed by atoms with Crippen molar-refractivity contribution < 1.29 is 14.3 Å². The van der Waals surface area contributed by atoms with Gasteiger partial charge in [0.2, 0.25) is 0 Å². The van der Waals surface area contributed by atoms with Gasteiger partial charge in [-0.05, 0) is 38.3 Å². The second-order valence-electron chi connectivity index (χ2n) is 5.03. The van der Waals surface area contributed by atoms with Gasteiger partial charge < -0.3 is 14.8 Å². The van der Waals surface area contributed by atoms with Gasteiger partial charge in [-0.1, -0.05) is 12.1 Å². The summed E-state index contributed by atoms with van der Waals surface area (Å²) in [5.74, 6) is 1.60. The molecule has 1 aliphatic rings. The van der Waals surface area contributed by atoms with Crippen molar-refractivity contribution in [2.75, 3.05) is 19.5 Å². The Bertz CT molecular complexity index is 463. The van der Waals surface area contributed by atoms with Crippen molar-refractivity contribution in [2.45, 2.75) is 43.2 Å². The number of carbonyl (C=O) groups is 1. The second-order valence-corrected chi connectivity index (χ2v) is 6.17. The molecule has 0 radical (unpaired) electrons. The molecule has 1 saturated carbocycles. The molecule has 2 rings (SSSR count). The topological polar surface area (TPSA) is 47.6 Å². The van der Waals surface area contributed by atoms with Gasteiger partial charge in [0.05, 0.1) is 13.7 Å². The quantitative estimate of drug-likeness (QED) is 0.561. The van der Waals surface area contributed by atoms with Crippen LogP contribution in [-0.4, -0.2) is 37.5 Å². The zero-order chi connectivity index (χ0) is 15.1. The third-order valence-corrected chi connectivity index (χ3v) is 4.41. The van der Waals surface area contributed by atoms with Crippen molar-refractivity contribution in [2.24, 2.45) is 0 Å². The molecule has 0 aliphatic heterocycles. The highest BCUT2D eigenvalue weighted by Crippen LogP contribution is 2.29. The number of methoxy groups -OCH3 is 1. The summed E-state index contributed by atoms with van der Waals surface area (Å²) in [6, 6.07) is 8.25. The first-order valence-corrected chi connectivity index (χ1v) is 8.41. The molecule has 0 aromatic heterocycles. The van der Waals surface area contributed by atoms with Gasteiger partial charge in [-0.25, -0.2) is 0 Å². The van der Waals surface area contributed by atoms with Crippen LogP contribution in [0, 0.1) is 0 Å². The Balaban J connectivity index is 1.84. The molecule has 0 heterocycles. The largest absolute Gasteiger partial charge is 0.496 e. The Labute approximate surface area is 130 Å². The molecule has 0 saturated heterocycles. The third kappa shape index (κ3) is 5.25. The number of hydrogen-bond acceptors (Lipinski definition) is 5. The fraction of sp³-hybridized carbons (Fsp3) is 0.562. The fourth-order valence-electron chi connectivity index (χ4n) is 2.07. The Morgan fingerprint density at radius 2 is 2.19 bits per heavy atom. The van der Waals surface area contributed by atoms with Crippen LogP contribution in [0.5, 0.6) is 5.75 Å². The number of esters is 1. The summed E-state index contributed by atoms with van der Waals surface area (Å²) in [5, 5.41) is 3.37. The maximum atomic E-state index is 12.0. The zero-order valence-electron chi connectivity index (χ0n) is 12.6. The molecule has 1 N–H and O–H groups in total. The zero-order valence-corrected chi connectivity index (χ0v) is 13.4. The maximum absolute atomic E-state index is 12.0. The third-order valence-electron chi connectivity index (χ3n) is 3.32. The number of benzene rings is 1. The minimum absolute atomic E-state index is 0.134. The van der Waals surface area contributed by atoms with Crippen LogP contribution < -0.4 is 10.1 Å². The van der Waals surface area contributed by atoms with Crippen LogP contribution in [0.2, 0.25) is 0 Å². The molecule has 1 aromatic carbocycles. The van der Waals surface area contributed by atoms with E-state index in [1.807, 2.05) is 31.2 Å². The van der Waals surface area contributed by atoms with Crippen molar-refractivity contribution in [1.82, 2.24) is 5.32 Å². The highest BCUT2D eigenvalue weighted by atomic mass is 32.2. The molecule has 1 atom stereocenters. The standard InChI is InChI=1S/C16H23NO3S/c1-3-20-16(18)13(17-12-8-9-12)10-11-21-15-7-5-4-6-14(15)19-2/h4-7,12-13,17H,3,8-11H2,1-2H3. The molecule has 1 unspecified atom stereocenters. The number of ether oxygens (including phenoxy) is 2. The number of rotatable bonds is 9. The van der Waals surface area contributed by atoms with E-state index in [2.05, 4.69) is 5.32 Å². The van der Waals surface area contributed by atoms with Gasteiger partial charge >= 0.3 is 5.97 Å². The molecule has 21 heavy (non-hydrogen) atoms. The summed E-state index contributed by atoms with van der Waals surface area (Å²) in [6.07, 6.45) is 3.09. The van der Waals surface area contributed by atoms with Crippen LogP contribution in [-0.2, 0) is 9.53 Å². The van der Waals surface area contributed by atoms with Crippen LogP contribution in [0.4, 0.5) is 0 Å². The van der Waals surface area contributed by atoms with Crippen LogP contribution in [0.15, 0.2) is 29.2 Å². The Morgan fingerprint density at radius 1 is 1.43 bits per heavy atom. The van der Waals surface area contributed by atoms with Gasteiger partial charge in [-0.2, -0.15) is 0 Å². The van der Waals surface area contributed by atoms with E-state index >= 15 is 0 Å². The average molecular weight is 309 g/mol. The predicted molar refractivity (Wildman–Crippen MR) is 84.9 cm³/mol. The molecule has 1 aliphatic carbocycles. The SMILES string of the molecule is CCOC(=O)C(CCSc1ccccc1OC)NC1CC1. The van der Waals surface area contributed by atoms with Gasteiger partial charge in [0, 0.05) is 16.7 Å². The fourth-order valence-corrected chi connectivity index (χ4v) is 3.11. The van der Waals surface area contributed by atoms with Crippen molar-refractivity contribution in [3.63, 3.8) is 0 Å². The second kappa shape index (κ2) is 8.29. The van der Waals surface area contributed by atoms with Crippen molar-refractivity contribution in [3.8, 4) is 5.75 Å². The molecule has 0 amide bonds. The molecule has 1 fully saturated rings. The molecule has 4 nitrogen and oxygen atoms in total. The van der Waals surface area contributed by atoms with Gasteiger partial charge in [0.25, 0.3) is 0 Å². The molecular formula is C16H23NO3S. The Morgan fingerprint density at radius 3 is 2.86 bits per heavy atom. The van der Waals surface area contributed by atoms with E-state index < -0.39 is 0 Å². The van der Waals surface area contributed by atoms with Gasteiger partial charge in [-0.3, -0.25) is 4.79 Å². The lowest BCUT2D eigenvalue weighted by Crippen LogP contribution is -2.39. The number of hydrogen-bond donors (Lipinski definition) is 1. The monoisotopic (exact) mass is 309 g/mol. The molecule has 116 valence electrons. The van der Waals surface area contributed by atoms with E-state index in [9.17, 15) is 4.79 Å². The summed E-state index contributed by atoms with van der Waals surface area (Å²) >= 11 is 1.71. The van der Waals surface area contributed by atoms with E-state index in [1.54, 1.807) is 18.9 Å². The Hall–Kier alpha value is -1.20. The van der Waals surface area contributed by atoms with Crippen LogP contribution in [0.25, 0.3) is 0 Å². The van der Waals surface area contributed by atoms with Crippen molar-refractivity contribution >= 4 is 17.7 Å². The van der Waals surface area contributed by atoms with E-state index in [-0.39, 0.29) is 12.0 Å². The van der Waals surface area contributed by atoms with E-state index in [0.29, 0.717) is 12.6 Å². The maximum Gasteiger partial charge on any atom is 0.323 e. The highest BCUT2D eigenvalue weighted by molar-refractivity contribution is 7.99.